The van der Waals surface area contributed by atoms with Crippen molar-refractivity contribution in [1.82, 2.24) is 9.97 Å². The number of nitrogen functional groups attached to an aromatic ring is 1. The zero-order valence-corrected chi connectivity index (χ0v) is 7.92. The normalized spacial score (nSPS) is 10.4. The van der Waals surface area contributed by atoms with E-state index >= 15 is 0 Å². The van der Waals surface area contributed by atoms with Crippen LogP contribution < -0.4 is 5.73 Å². The number of benzene rings is 1. The van der Waals surface area contributed by atoms with E-state index in [-0.39, 0.29) is 17.1 Å². The van der Waals surface area contributed by atoms with Crippen molar-refractivity contribution < 1.29 is 13.2 Å². The van der Waals surface area contributed by atoms with Crippen molar-refractivity contribution in [2.75, 3.05) is 5.73 Å². The summed E-state index contributed by atoms with van der Waals surface area (Å²) in [6.07, 6.45) is 2.67. The van der Waals surface area contributed by atoms with Crippen molar-refractivity contribution in [2.24, 2.45) is 0 Å². The van der Waals surface area contributed by atoms with Crippen molar-refractivity contribution >= 4 is 5.82 Å². The van der Waals surface area contributed by atoms with Crippen molar-refractivity contribution in [3.8, 4) is 11.3 Å². The Kier molecular flexibility index (Phi) is 2.47. The Morgan fingerprint density at radius 3 is 2.06 bits per heavy atom. The number of rotatable bonds is 1. The van der Waals surface area contributed by atoms with Gasteiger partial charge in [0.1, 0.15) is 11.5 Å². The highest BCUT2D eigenvalue weighted by molar-refractivity contribution is 5.69. The third-order valence-corrected chi connectivity index (χ3v) is 1.98. The first kappa shape index (κ1) is 10.4. The Hall–Kier alpha value is -2.11. The molecule has 6 heteroatoms. The van der Waals surface area contributed by atoms with Crippen molar-refractivity contribution in [3.63, 3.8) is 0 Å². The molecule has 2 rings (SSSR count). The molecule has 0 spiro atoms. The van der Waals surface area contributed by atoms with Gasteiger partial charge in [0, 0.05) is 18.0 Å². The Bertz CT molecular complexity index is 520. The van der Waals surface area contributed by atoms with E-state index in [0.29, 0.717) is 0 Å². The Labute approximate surface area is 88.8 Å². The second-order valence-corrected chi connectivity index (χ2v) is 3.04. The molecule has 0 fully saturated rings. The number of hydrogen-bond acceptors (Lipinski definition) is 3. The van der Waals surface area contributed by atoms with E-state index in [1.54, 1.807) is 0 Å². The van der Waals surface area contributed by atoms with Crippen LogP contribution in [0, 0.1) is 17.5 Å². The number of nitrogens with two attached hydrogens (primary N) is 1. The summed E-state index contributed by atoms with van der Waals surface area (Å²) in [6, 6.07) is 1.64. The van der Waals surface area contributed by atoms with Gasteiger partial charge in [-0.2, -0.15) is 0 Å². The molecule has 1 aromatic carbocycles. The third-order valence-electron chi connectivity index (χ3n) is 1.98. The van der Waals surface area contributed by atoms with Crippen LogP contribution in [0.1, 0.15) is 0 Å². The maximum atomic E-state index is 13.0. The molecule has 0 aliphatic rings. The summed E-state index contributed by atoms with van der Waals surface area (Å²) in [4.78, 5) is 7.53. The average molecular weight is 225 g/mol. The zero-order valence-electron chi connectivity index (χ0n) is 7.92. The number of anilines is 1. The van der Waals surface area contributed by atoms with Gasteiger partial charge in [-0.15, -0.1) is 0 Å². The lowest BCUT2D eigenvalue weighted by molar-refractivity contribution is 0.447. The van der Waals surface area contributed by atoms with Crippen LogP contribution in [0.5, 0.6) is 0 Å². The average Bonchev–Trinajstić information content (AvgIpc) is 2.26. The summed E-state index contributed by atoms with van der Waals surface area (Å²) in [6.45, 7) is 0. The first-order valence-electron chi connectivity index (χ1n) is 4.31. The van der Waals surface area contributed by atoms with Crippen molar-refractivity contribution in [3.05, 3.63) is 42.0 Å². The van der Waals surface area contributed by atoms with Crippen LogP contribution in [0.3, 0.4) is 0 Å². The van der Waals surface area contributed by atoms with Crippen LogP contribution in [-0.2, 0) is 0 Å². The molecule has 2 aromatic rings. The SMILES string of the molecule is Nc1nccnc1-c1cc(F)c(F)c(F)c1. The Morgan fingerprint density at radius 2 is 1.50 bits per heavy atom. The predicted molar refractivity (Wildman–Crippen MR) is 51.8 cm³/mol. The van der Waals surface area contributed by atoms with Gasteiger partial charge in [0.2, 0.25) is 0 Å². The van der Waals surface area contributed by atoms with E-state index in [9.17, 15) is 13.2 Å². The van der Waals surface area contributed by atoms with Gasteiger partial charge in [-0.05, 0) is 12.1 Å². The standard InChI is InChI=1S/C10H6F3N3/c11-6-3-5(4-7(12)8(6)13)9-10(14)16-2-1-15-9/h1-4H,(H2,14,16). The van der Waals surface area contributed by atoms with Gasteiger partial charge in [-0.1, -0.05) is 0 Å². The van der Waals surface area contributed by atoms with Crippen LogP contribution in [0.25, 0.3) is 11.3 Å². The maximum Gasteiger partial charge on any atom is 0.194 e. The minimum Gasteiger partial charge on any atom is -0.382 e. The number of halogens is 3. The van der Waals surface area contributed by atoms with Gasteiger partial charge in [0.05, 0.1) is 0 Å². The number of hydrogen-bond donors (Lipinski definition) is 1. The molecular formula is C10H6F3N3. The van der Waals surface area contributed by atoms with E-state index in [4.69, 9.17) is 5.73 Å². The summed E-state index contributed by atoms with van der Waals surface area (Å²) in [5.74, 6) is -4.08. The molecule has 0 saturated carbocycles. The molecular weight excluding hydrogens is 219 g/mol. The molecule has 16 heavy (non-hydrogen) atoms. The van der Waals surface area contributed by atoms with E-state index in [0.717, 1.165) is 12.1 Å². The molecule has 3 nitrogen and oxygen atoms in total. The predicted octanol–water partition coefficient (Wildman–Crippen LogP) is 2.14. The topological polar surface area (TPSA) is 51.8 Å². The van der Waals surface area contributed by atoms with Crippen LogP contribution >= 0.6 is 0 Å². The smallest absolute Gasteiger partial charge is 0.194 e. The highest BCUT2D eigenvalue weighted by atomic mass is 19.2. The van der Waals surface area contributed by atoms with E-state index in [1.165, 1.54) is 12.4 Å². The summed E-state index contributed by atoms with van der Waals surface area (Å²) in [5, 5.41) is 0. The number of nitrogens with zero attached hydrogens (tertiary/aromatic N) is 2. The van der Waals surface area contributed by atoms with Crippen molar-refractivity contribution in [1.29, 1.82) is 0 Å². The largest absolute Gasteiger partial charge is 0.382 e. The van der Waals surface area contributed by atoms with Gasteiger partial charge >= 0.3 is 0 Å². The lowest BCUT2D eigenvalue weighted by Gasteiger charge is -2.04. The molecule has 0 amide bonds. The molecule has 0 radical (unpaired) electrons. The first-order valence-corrected chi connectivity index (χ1v) is 4.31. The fraction of sp³-hybridized carbons (Fsp3) is 0. The summed E-state index contributed by atoms with van der Waals surface area (Å²) < 4.78 is 38.6. The van der Waals surface area contributed by atoms with E-state index in [1.807, 2.05) is 0 Å². The fourth-order valence-electron chi connectivity index (χ4n) is 1.26. The minimum absolute atomic E-state index is 0.0212. The minimum atomic E-state index is -1.52. The highest BCUT2D eigenvalue weighted by Gasteiger charge is 2.13. The Morgan fingerprint density at radius 1 is 0.938 bits per heavy atom. The molecule has 1 aromatic heterocycles. The summed E-state index contributed by atoms with van der Waals surface area (Å²) in [5.41, 5.74) is 5.63. The highest BCUT2D eigenvalue weighted by Crippen LogP contribution is 2.24. The van der Waals surface area contributed by atoms with Gasteiger partial charge in [-0.25, -0.2) is 18.2 Å². The van der Waals surface area contributed by atoms with Crippen LogP contribution in [-0.4, -0.2) is 9.97 Å². The molecule has 2 N–H and O–H groups in total. The number of aromatic nitrogens is 2. The first-order chi connectivity index (χ1) is 7.59. The van der Waals surface area contributed by atoms with Gasteiger partial charge in [-0.3, -0.25) is 4.98 Å². The molecule has 82 valence electrons. The summed E-state index contributed by atoms with van der Waals surface area (Å²) in [7, 11) is 0. The molecule has 0 saturated heterocycles. The monoisotopic (exact) mass is 225 g/mol. The van der Waals surface area contributed by atoms with E-state index < -0.39 is 17.5 Å². The molecule has 0 aliphatic heterocycles. The molecule has 0 unspecified atom stereocenters. The molecule has 1 heterocycles. The van der Waals surface area contributed by atoms with Gasteiger partial charge < -0.3 is 5.73 Å². The third kappa shape index (κ3) is 1.69. The molecule has 0 aliphatic carbocycles. The second-order valence-electron chi connectivity index (χ2n) is 3.04. The molecule has 0 bridgehead atoms. The quantitative estimate of drug-likeness (QED) is 0.756. The fourth-order valence-corrected chi connectivity index (χ4v) is 1.26. The van der Waals surface area contributed by atoms with Crippen molar-refractivity contribution in [2.45, 2.75) is 0 Å². The maximum absolute atomic E-state index is 13.0. The van der Waals surface area contributed by atoms with Gasteiger partial charge in [0.25, 0.3) is 0 Å². The lowest BCUT2D eigenvalue weighted by Crippen LogP contribution is -1.98. The van der Waals surface area contributed by atoms with Crippen LogP contribution in [0.2, 0.25) is 0 Å². The Balaban J connectivity index is 2.62. The summed E-state index contributed by atoms with van der Waals surface area (Å²) >= 11 is 0. The van der Waals surface area contributed by atoms with Crippen LogP contribution in [0.15, 0.2) is 24.5 Å². The van der Waals surface area contributed by atoms with E-state index in [2.05, 4.69) is 9.97 Å². The second kappa shape index (κ2) is 3.80. The van der Waals surface area contributed by atoms with Gasteiger partial charge in [0.15, 0.2) is 17.5 Å². The lowest BCUT2D eigenvalue weighted by atomic mass is 10.1. The van der Waals surface area contributed by atoms with Crippen LogP contribution in [0.4, 0.5) is 19.0 Å². The zero-order chi connectivity index (χ0) is 11.7. The molecule has 0 atom stereocenters.